The van der Waals surface area contributed by atoms with Crippen molar-refractivity contribution in [1.29, 1.82) is 0 Å². The van der Waals surface area contributed by atoms with Crippen molar-refractivity contribution >= 4 is 28.8 Å². The summed E-state index contributed by atoms with van der Waals surface area (Å²) >= 11 is 0. The third-order valence-electron chi connectivity index (χ3n) is 7.63. The Morgan fingerprint density at radius 2 is 1.73 bits per heavy atom. The number of aromatic nitrogens is 2. The Balaban J connectivity index is 1.35. The molecule has 2 amide bonds. The first-order chi connectivity index (χ1) is 19.3. The van der Waals surface area contributed by atoms with Crippen LogP contribution in [0.2, 0.25) is 0 Å². The first kappa shape index (κ1) is 28.3. The van der Waals surface area contributed by atoms with Crippen LogP contribution >= 0.6 is 0 Å². The number of likely N-dealkylation sites (tertiary alicyclic amines) is 1. The summed E-state index contributed by atoms with van der Waals surface area (Å²) in [7, 11) is 0. The first-order valence-corrected chi connectivity index (χ1v) is 13.1. The van der Waals surface area contributed by atoms with Crippen molar-refractivity contribution in [1.82, 2.24) is 25.1 Å². The largest absolute Gasteiger partial charge is 0.477 e. The van der Waals surface area contributed by atoms with Gasteiger partial charge in [-0.05, 0) is 37.0 Å². The lowest BCUT2D eigenvalue weighted by molar-refractivity contribution is -0.130. The maximum Gasteiger partial charge on any atom is 0.341 e. The Hall–Kier alpha value is -4.26. The number of carboxylic acid groups (broad SMARTS) is 1. The lowest BCUT2D eigenvalue weighted by Gasteiger charge is -2.21. The number of aromatic carboxylic acids is 1. The molecule has 1 saturated carbocycles. The van der Waals surface area contributed by atoms with Gasteiger partial charge in [0, 0.05) is 43.9 Å². The van der Waals surface area contributed by atoms with E-state index in [1.54, 1.807) is 20.8 Å². The highest BCUT2D eigenvalue weighted by Gasteiger charge is 2.56. The maximum absolute atomic E-state index is 15.2. The van der Waals surface area contributed by atoms with Gasteiger partial charge in [0.05, 0.1) is 16.8 Å². The average molecular weight is 572 g/mol. The minimum atomic E-state index is -1.59. The lowest BCUT2D eigenvalue weighted by Crippen LogP contribution is -2.48. The van der Waals surface area contributed by atoms with Gasteiger partial charge in [-0.25, -0.2) is 22.9 Å². The van der Waals surface area contributed by atoms with Crippen molar-refractivity contribution in [3.05, 3.63) is 69.4 Å². The van der Waals surface area contributed by atoms with Crippen LogP contribution in [0.1, 0.15) is 36.8 Å². The number of carbonyl (C=O) groups is 3. The molecule has 0 spiro atoms. The molecule has 3 N–H and O–H groups in total. The Bertz CT molecular complexity index is 1630. The van der Waals surface area contributed by atoms with Gasteiger partial charge in [-0.2, -0.15) is 0 Å². The molecule has 41 heavy (non-hydrogen) atoms. The fourth-order valence-electron chi connectivity index (χ4n) is 5.29. The van der Waals surface area contributed by atoms with Gasteiger partial charge >= 0.3 is 5.97 Å². The van der Waals surface area contributed by atoms with Gasteiger partial charge < -0.3 is 15.7 Å². The molecule has 3 heterocycles. The molecule has 1 saturated heterocycles. The smallest absolute Gasteiger partial charge is 0.341 e. The number of nitrogens with one attached hydrogen (secondary N) is 2. The van der Waals surface area contributed by atoms with Crippen molar-refractivity contribution in [3.63, 3.8) is 0 Å². The molecule has 2 aromatic heterocycles. The highest BCUT2D eigenvalue weighted by atomic mass is 19.1. The summed E-state index contributed by atoms with van der Waals surface area (Å²) in [6, 6.07) is 2.79. The summed E-state index contributed by atoms with van der Waals surface area (Å²) in [6.45, 7) is 6.22. The summed E-state index contributed by atoms with van der Waals surface area (Å²) in [5.74, 6) is -4.76. The summed E-state index contributed by atoms with van der Waals surface area (Å²) in [4.78, 5) is 55.1. The van der Waals surface area contributed by atoms with Crippen LogP contribution in [0.25, 0.3) is 16.7 Å². The molecular weight excluding hydrogens is 543 g/mol. The number of amides is 2. The number of halogens is 3. The highest BCUT2D eigenvalue weighted by Crippen LogP contribution is 2.46. The monoisotopic (exact) mass is 571 g/mol. The minimum absolute atomic E-state index is 0.0387. The van der Waals surface area contributed by atoms with Crippen molar-refractivity contribution in [3.8, 4) is 5.69 Å². The van der Waals surface area contributed by atoms with Gasteiger partial charge in [-0.15, -0.1) is 0 Å². The van der Waals surface area contributed by atoms with Gasteiger partial charge in [-0.3, -0.25) is 23.9 Å². The second kappa shape index (κ2) is 10.6. The molecule has 5 rings (SSSR count). The molecule has 1 aliphatic carbocycles. The summed E-state index contributed by atoms with van der Waals surface area (Å²) in [5, 5.41) is 14.7. The highest BCUT2D eigenvalue weighted by molar-refractivity contribution is 5.92. The third-order valence-corrected chi connectivity index (χ3v) is 7.63. The Morgan fingerprint density at radius 1 is 1.05 bits per heavy atom. The maximum atomic E-state index is 15.2. The molecule has 3 aromatic rings. The van der Waals surface area contributed by atoms with Crippen molar-refractivity contribution in [2.75, 3.05) is 13.1 Å². The van der Waals surface area contributed by atoms with Crippen LogP contribution in [0.3, 0.4) is 0 Å². The first-order valence-electron chi connectivity index (χ1n) is 13.1. The summed E-state index contributed by atoms with van der Waals surface area (Å²) in [6.07, 6.45) is 0.890. The minimum Gasteiger partial charge on any atom is -0.477 e. The second-order valence-electron chi connectivity index (χ2n) is 10.9. The van der Waals surface area contributed by atoms with Crippen molar-refractivity contribution < 1.29 is 32.7 Å². The quantitative estimate of drug-likeness (QED) is 0.378. The van der Waals surface area contributed by atoms with Crippen LogP contribution in [0.5, 0.6) is 0 Å². The Labute approximate surface area is 232 Å². The van der Waals surface area contributed by atoms with Gasteiger partial charge in [0.1, 0.15) is 34.7 Å². The molecular formula is C28H28F3N5O5. The Morgan fingerprint density at radius 3 is 2.34 bits per heavy atom. The molecule has 216 valence electrons. The standard InChI is InChI=1S/C28H28F3N5O5/c1-12(2)26(38)32-13(3)27(39)34-23-16-8-35(9-17(16)23)11-21-19(30)7-15-24(37)18(28(40)41)10-36(25(15)33-21)22-5-4-14(29)6-20(22)31/h4-7,10,12-13,16-17,23H,8-9,11H2,1-3H3,(H,32,38)(H,34,39)(H,40,41)/t13-,16-,17+,23?/m0/s1. The number of nitrogens with zero attached hydrogens (tertiary/aromatic N) is 3. The number of rotatable bonds is 8. The fourth-order valence-corrected chi connectivity index (χ4v) is 5.29. The molecule has 0 bridgehead atoms. The SMILES string of the molecule is CC(C)C(=O)N[C@@H](C)C(=O)NC1[C@H]2CN(Cc3nc4c(cc3F)c(=O)c(C(=O)O)cn4-c3ccc(F)cc3F)C[C@@H]12. The molecule has 1 aliphatic heterocycles. The van der Waals surface area contributed by atoms with E-state index in [9.17, 15) is 33.1 Å². The summed E-state index contributed by atoms with van der Waals surface area (Å²) in [5.41, 5.74) is -2.18. The number of piperidine rings is 1. The zero-order valence-corrected chi connectivity index (χ0v) is 22.5. The fraction of sp³-hybridized carbons (Fsp3) is 0.393. The van der Waals surface area contributed by atoms with E-state index in [1.165, 1.54) is 0 Å². The lowest BCUT2D eigenvalue weighted by atomic mass is 10.1. The molecule has 10 nitrogen and oxygen atoms in total. The molecule has 1 unspecified atom stereocenters. The summed E-state index contributed by atoms with van der Waals surface area (Å²) < 4.78 is 44.4. The molecule has 1 aromatic carbocycles. The molecule has 0 radical (unpaired) electrons. The van der Waals surface area contributed by atoms with Crippen LogP contribution in [0.15, 0.2) is 35.3 Å². The number of carboxylic acids is 1. The number of pyridine rings is 2. The van der Waals surface area contributed by atoms with Crippen LogP contribution in [-0.2, 0) is 16.1 Å². The van der Waals surface area contributed by atoms with Gasteiger partial charge in [0.15, 0.2) is 0 Å². The van der Waals surface area contributed by atoms with E-state index in [4.69, 9.17) is 0 Å². The van der Waals surface area contributed by atoms with E-state index in [0.717, 1.165) is 29.0 Å². The second-order valence-corrected chi connectivity index (χ2v) is 10.9. The van der Waals surface area contributed by atoms with Crippen molar-refractivity contribution in [2.24, 2.45) is 17.8 Å². The van der Waals surface area contributed by atoms with E-state index in [-0.39, 0.29) is 64.6 Å². The van der Waals surface area contributed by atoms with E-state index in [2.05, 4.69) is 15.6 Å². The van der Waals surface area contributed by atoms with Crippen LogP contribution in [-0.4, -0.2) is 62.5 Å². The van der Waals surface area contributed by atoms with Crippen LogP contribution in [0, 0.1) is 35.2 Å². The van der Waals surface area contributed by atoms with Crippen molar-refractivity contribution in [2.45, 2.75) is 39.4 Å². The Kier molecular flexibility index (Phi) is 7.32. The zero-order valence-electron chi connectivity index (χ0n) is 22.5. The number of hydrogen-bond acceptors (Lipinski definition) is 6. The number of benzene rings is 1. The van der Waals surface area contributed by atoms with E-state index in [1.807, 2.05) is 4.90 Å². The topological polar surface area (TPSA) is 134 Å². The number of fused-ring (bicyclic) bond motifs is 2. The van der Waals surface area contributed by atoms with E-state index in [0.29, 0.717) is 19.2 Å². The van der Waals surface area contributed by atoms with Gasteiger partial charge in [0.25, 0.3) is 0 Å². The molecule has 2 fully saturated rings. The molecule has 13 heteroatoms. The van der Waals surface area contributed by atoms with E-state index >= 15 is 4.39 Å². The van der Waals surface area contributed by atoms with Crippen LogP contribution < -0.4 is 16.1 Å². The predicted octanol–water partition coefficient (Wildman–Crippen LogP) is 2.21. The molecule has 2 aliphatic rings. The predicted molar refractivity (Wildman–Crippen MR) is 141 cm³/mol. The average Bonchev–Trinajstić information content (AvgIpc) is 3.33. The third kappa shape index (κ3) is 5.41. The molecule has 4 atom stereocenters. The van der Waals surface area contributed by atoms with Crippen LogP contribution in [0.4, 0.5) is 13.2 Å². The van der Waals surface area contributed by atoms with E-state index < -0.39 is 40.5 Å². The van der Waals surface area contributed by atoms with Gasteiger partial charge in [-0.1, -0.05) is 13.8 Å². The number of hydrogen-bond donors (Lipinski definition) is 3. The van der Waals surface area contributed by atoms with Gasteiger partial charge in [0.2, 0.25) is 17.2 Å². The zero-order chi connectivity index (χ0) is 29.7. The number of carbonyl (C=O) groups excluding carboxylic acids is 2. The normalized spacial score (nSPS) is 20.6.